The Kier molecular flexibility index (Phi) is 5.62. The molecule has 0 amide bonds. The summed E-state index contributed by atoms with van der Waals surface area (Å²) in [7, 11) is 0. The molecule has 2 heterocycles. The third-order valence-electron chi connectivity index (χ3n) is 4.41. The van der Waals surface area contributed by atoms with Gasteiger partial charge in [-0.25, -0.2) is 23.1 Å². The van der Waals surface area contributed by atoms with Crippen molar-refractivity contribution in [2.24, 2.45) is 5.92 Å². The van der Waals surface area contributed by atoms with Crippen LogP contribution in [0.15, 0.2) is 24.5 Å². The highest BCUT2D eigenvalue weighted by atomic mass is 19.1. The molecule has 1 aliphatic rings. The molecule has 0 bridgehead atoms. The first-order valence-corrected chi connectivity index (χ1v) is 8.78. The maximum absolute atomic E-state index is 13.9. The van der Waals surface area contributed by atoms with E-state index in [0.29, 0.717) is 49.8 Å². The average Bonchev–Trinajstić information content (AvgIpc) is 2.61. The minimum atomic E-state index is -1.17. The van der Waals surface area contributed by atoms with Gasteiger partial charge < -0.3 is 9.64 Å². The Balaban J connectivity index is 1.72. The van der Waals surface area contributed by atoms with Crippen molar-refractivity contribution in [2.75, 3.05) is 18.0 Å². The molecule has 27 heavy (non-hydrogen) atoms. The second kappa shape index (κ2) is 7.94. The zero-order valence-corrected chi connectivity index (χ0v) is 15.1. The maximum Gasteiger partial charge on any atom is 0.257 e. The van der Waals surface area contributed by atoms with E-state index in [1.54, 1.807) is 6.20 Å². The molecule has 1 aromatic carbocycles. The zero-order chi connectivity index (χ0) is 19.6. The molecule has 144 valence electrons. The van der Waals surface area contributed by atoms with E-state index in [2.05, 4.69) is 9.97 Å². The largest absolute Gasteiger partial charge is 0.472 e. The van der Waals surface area contributed by atoms with Gasteiger partial charge in [0.2, 0.25) is 0 Å². The number of halogens is 3. The molecule has 8 heteroatoms. The predicted octanol–water partition coefficient (Wildman–Crippen LogP) is 3.78. The van der Waals surface area contributed by atoms with E-state index in [9.17, 15) is 18.0 Å². The maximum atomic E-state index is 13.9. The molecule has 2 aromatic rings. The molecule has 0 saturated carbocycles. The fourth-order valence-corrected chi connectivity index (χ4v) is 3.18. The van der Waals surface area contributed by atoms with Gasteiger partial charge in [0.1, 0.15) is 17.5 Å². The Morgan fingerprint density at radius 3 is 2.30 bits per heavy atom. The van der Waals surface area contributed by atoms with Crippen molar-refractivity contribution in [2.45, 2.75) is 32.8 Å². The van der Waals surface area contributed by atoms with E-state index in [0.717, 1.165) is 0 Å². The number of piperidine rings is 1. The quantitative estimate of drug-likeness (QED) is 0.740. The average molecular weight is 379 g/mol. The van der Waals surface area contributed by atoms with Crippen LogP contribution in [0.2, 0.25) is 0 Å². The minimum Gasteiger partial charge on any atom is -0.472 e. The minimum absolute atomic E-state index is 0.0657. The molecule has 0 atom stereocenters. The van der Waals surface area contributed by atoms with Crippen molar-refractivity contribution in [1.82, 2.24) is 9.97 Å². The van der Waals surface area contributed by atoms with Crippen molar-refractivity contribution in [3.05, 3.63) is 47.5 Å². The smallest absolute Gasteiger partial charge is 0.257 e. The number of ether oxygens (including phenoxy) is 1. The predicted molar refractivity (Wildman–Crippen MR) is 93.4 cm³/mol. The van der Waals surface area contributed by atoms with Crippen LogP contribution in [0.4, 0.5) is 19.0 Å². The van der Waals surface area contributed by atoms with E-state index < -0.39 is 34.7 Å². The second-order valence-corrected chi connectivity index (χ2v) is 6.72. The van der Waals surface area contributed by atoms with Crippen molar-refractivity contribution >= 4 is 11.6 Å². The zero-order valence-electron chi connectivity index (χ0n) is 15.1. The molecule has 1 saturated heterocycles. The van der Waals surface area contributed by atoms with Crippen molar-refractivity contribution < 1.29 is 22.7 Å². The first-order valence-electron chi connectivity index (χ1n) is 8.78. The number of ketones is 1. The summed E-state index contributed by atoms with van der Waals surface area (Å²) in [6.45, 7) is 4.70. The van der Waals surface area contributed by atoms with E-state index in [-0.39, 0.29) is 6.10 Å². The third kappa shape index (κ3) is 4.20. The Labute approximate surface area is 155 Å². The Bertz CT molecular complexity index is 814. The Morgan fingerprint density at radius 2 is 1.70 bits per heavy atom. The van der Waals surface area contributed by atoms with Gasteiger partial charge in [0.25, 0.3) is 5.88 Å². The van der Waals surface area contributed by atoms with Gasteiger partial charge in [-0.15, -0.1) is 0 Å². The fourth-order valence-electron chi connectivity index (χ4n) is 3.18. The lowest BCUT2D eigenvalue weighted by Crippen LogP contribution is -2.37. The lowest BCUT2D eigenvalue weighted by atomic mass is 9.88. The molecule has 0 unspecified atom stereocenters. The molecule has 0 radical (unpaired) electrons. The standard InChI is InChI=1S/C19H20F3N3O2/c1-11(2)27-19-18(23-5-6-24-19)25-7-3-12(4-8-25)17(26)16-14(21)9-13(20)10-15(16)22/h5-6,9-12H,3-4,7-8H2,1-2H3. The lowest BCUT2D eigenvalue weighted by molar-refractivity contribution is 0.0891. The molecular formula is C19H20F3N3O2. The highest BCUT2D eigenvalue weighted by Crippen LogP contribution is 2.30. The van der Waals surface area contributed by atoms with Gasteiger partial charge >= 0.3 is 0 Å². The van der Waals surface area contributed by atoms with E-state index in [1.807, 2.05) is 18.7 Å². The number of carbonyl (C=O) groups is 1. The van der Waals surface area contributed by atoms with Gasteiger partial charge in [0.15, 0.2) is 11.6 Å². The molecule has 5 nitrogen and oxygen atoms in total. The highest BCUT2D eigenvalue weighted by molar-refractivity contribution is 5.98. The van der Waals surface area contributed by atoms with Crippen LogP contribution in [-0.2, 0) is 0 Å². The Hall–Kier alpha value is -2.64. The Morgan fingerprint density at radius 1 is 1.11 bits per heavy atom. The first kappa shape index (κ1) is 19.1. The van der Waals surface area contributed by atoms with Gasteiger partial charge in [-0.1, -0.05) is 0 Å². The van der Waals surface area contributed by atoms with Crippen LogP contribution < -0.4 is 9.64 Å². The number of Topliss-reactive ketones (excluding diaryl/α,β-unsaturated/α-hetero) is 1. The van der Waals surface area contributed by atoms with Crippen LogP contribution in [0, 0.1) is 23.4 Å². The van der Waals surface area contributed by atoms with E-state index in [1.165, 1.54) is 6.20 Å². The molecule has 0 spiro atoms. The molecule has 1 fully saturated rings. The van der Waals surface area contributed by atoms with Crippen molar-refractivity contribution in [3.8, 4) is 5.88 Å². The first-order chi connectivity index (χ1) is 12.9. The normalized spacial score (nSPS) is 15.3. The molecular weight excluding hydrogens is 359 g/mol. The van der Waals surface area contributed by atoms with Crippen LogP contribution in [-0.4, -0.2) is 34.9 Å². The van der Waals surface area contributed by atoms with Gasteiger partial charge in [-0.3, -0.25) is 4.79 Å². The number of hydrogen-bond acceptors (Lipinski definition) is 5. The summed E-state index contributed by atoms with van der Waals surface area (Å²) in [6, 6.07) is 1.06. The third-order valence-corrected chi connectivity index (χ3v) is 4.41. The number of hydrogen-bond donors (Lipinski definition) is 0. The summed E-state index contributed by atoms with van der Waals surface area (Å²) in [5, 5.41) is 0. The fraction of sp³-hybridized carbons (Fsp3) is 0.421. The molecule has 1 aliphatic heterocycles. The van der Waals surface area contributed by atoms with Crippen molar-refractivity contribution in [3.63, 3.8) is 0 Å². The van der Waals surface area contributed by atoms with Gasteiger partial charge in [0, 0.05) is 43.5 Å². The summed E-state index contributed by atoms with van der Waals surface area (Å²) in [5.74, 6) is -3.56. The van der Waals surface area contributed by atoms with E-state index >= 15 is 0 Å². The number of benzene rings is 1. The number of nitrogens with zero attached hydrogens (tertiary/aromatic N) is 3. The van der Waals surface area contributed by atoms with Gasteiger partial charge in [-0.2, -0.15) is 0 Å². The summed E-state index contributed by atoms with van der Waals surface area (Å²) < 4.78 is 46.5. The monoisotopic (exact) mass is 379 g/mol. The van der Waals surface area contributed by atoms with Crippen LogP contribution in [0.3, 0.4) is 0 Å². The van der Waals surface area contributed by atoms with Crippen LogP contribution >= 0.6 is 0 Å². The summed E-state index contributed by atoms with van der Waals surface area (Å²) in [4.78, 5) is 23.0. The number of anilines is 1. The number of aromatic nitrogens is 2. The van der Waals surface area contributed by atoms with Crippen LogP contribution in [0.5, 0.6) is 5.88 Å². The topological polar surface area (TPSA) is 55.3 Å². The highest BCUT2D eigenvalue weighted by Gasteiger charge is 2.31. The van der Waals surface area contributed by atoms with E-state index in [4.69, 9.17) is 4.74 Å². The van der Waals surface area contributed by atoms with Crippen LogP contribution in [0.25, 0.3) is 0 Å². The number of carbonyl (C=O) groups excluding carboxylic acids is 1. The van der Waals surface area contributed by atoms with Gasteiger partial charge in [-0.05, 0) is 26.7 Å². The number of rotatable bonds is 5. The van der Waals surface area contributed by atoms with Crippen LogP contribution in [0.1, 0.15) is 37.0 Å². The summed E-state index contributed by atoms with van der Waals surface area (Å²) >= 11 is 0. The molecule has 1 aromatic heterocycles. The lowest BCUT2D eigenvalue weighted by Gasteiger charge is -2.32. The summed E-state index contributed by atoms with van der Waals surface area (Å²) in [5.41, 5.74) is -0.668. The van der Waals surface area contributed by atoms with Gasteiger partial charge in [0.05, 0.1) is 11.7 Å². The second-order valence-electron chi connectivity index (χ2n) is 6.72. The molecule has 0 aliphatic carbocycles. The SMILES string of the molecule is CC(C)Oc1nccnc1N1CCC(C(=O)c2c(F)cc(F)cc2F)CC1. The van der Waals surface area contributed by atoms with Crippen molar-refractivity contribution in [1.29, 1.82) is 0 Å². The molecule has 0 N–H and O–H groups in total. The summed E-state index contributed by atoms with van der Waals surface area (Å²) in [6.07, 6.45) is 3.82. The molecule has 3 rings (SSSR count).